The predicted molar refractivity (Wildman–Crippen MR) is 74.5 cm³/mol. The van der Waals surface area contributed by atoms with Crippen LogP contribution in [0.2, 0.25) is 0 Å². The molecule has 1 fully saturated rings. The summed E-state index contributed by atoms with van der Waals surface area (Å²) >= 11 is 0. The second kappa shape index (κ2) is 6.71. The first-order valence-corrected chi connectivity index (χ1v) is 6.81. The van der Waals surface area contributed by atoms with Crippen LogP contribution in [0.1, 0.15) is 12.8 Å². The van der Waals surface area contributed by atoms with Gasteiger partial charge in [-0.25, -0.2) is 4.79 Å². The van der Waals surface area contributed by atoms with Gasteiger partial charge in [-0.1, -0.05) is 0 Å². The topological polar surface area (TPSA) is 79.6 Å². The number of aliphatic hydroxyl groups is 1. The summed E-state index contributed by atoms with van der Waals surface area (Å²) in [5.74, 6) is 0.363. The lowest BCUT2D eigenvalue weighted by Gasteiger charge is -2.20. The van der Waals surface area contributed by atoms with Crippen molar-refractivity contribution in [2.24, 2.45) is 5.92 Å². The first-order valence-electron chi connectivity index (χ1n) is 6.81. The number of ether oxygens (including phenoxy) is 1. The van der Waals surface area contributed by atoms with Crippen LogP contribution >= 0.6 is 0 Å². The van der Waals surface area contributed by atoms with Gasteiger partial charge in [0, 0.05) is 26.9 Å². The molecule has 112 valence electrons. The fourth-order valence-electron chi connectivity index (χ4n) is 1.95. The minimum atomic E-state index is -0.421. The number of hydrogen-bond acceptors (Lipinski definition) is 4. The molecular weight excluding hydrogens is 260 g/mol. The largest absolute Gasteiger partial charge is 0.391 e. The zero-order chi connectivity index (χ0) is 14.5. The quantitative estimate of drug-likeness (QED) is 0.774. The number of aliphatic hydroxyl groups excluding tert-OH is 1. The molecule has 1 unspecified atom stereocenters. The van der Waals surface area contributed by atoms with Gasteiger partial charge in [0.05, 0.1) is 31.1 Å². The first kappa shape index (κ1) is 14.8. The zero-order valence-corrected chi connectivity index (χ0v) is 12.0. The van der Waals surface area contributed by atoms with Crippen LogP contribution < -0.4 is 5.32 Å². The maximum Gasteiger partial charge on any atom is 0.321 e. The molecule has 0 bridgehead atoms. The Morgan fingerprint density at radius 1 is 1.70 bits per heavy atom. The molecule has 1 aromatic rings. The summed E-state index contributed by atoms with van der Waals surface area (Å²) in [5, 5.41) is 16.7. The van der Waals surface area contributed by atoms with E-state index < -0.39 is 6.10 Å². The Balaban J connectivity index is 1.78. The Kier molecular flexibility index (Phi) is 4.97. The molecule has 0 saturated heterocycles. The van der Waals surface area contributed by atoms with E-state index in [0.717, 1.165) is 12.8 Å². The van der Waals surface area contributed by atoms with Gasteiger partial charge in [-0.05, 0) is 18.8 Å². The van der Waals surface area contributed by atoms with Gasteiger partial charge in [0.15, 0.2) is 0 Å². The number of likely N-dealkylation sites (N-methyl/N-ethyl adjacent to an activating group) is 1. The van der Waals surface area contributed by atoms with E-state index in [1.54, 1.807) is 31.2 Å². The molecule has 1 aliphatic rings. The average Bonchev–Trinajstić information content (AvgIpc) is 3.18. The van der Waals surface area contributed by atoms with Crippen molar-refractivity contribution in [1.29, 1.82) is 0 Å². The van der Waals surface area contributed by atoms with E-state index in [0.29, 0.717) is 31.3 Å². The van der Waals surface area contributed by atoms with Crippen molar-refractivity contribution in [2.75, 3.05) is 32.6 Å². The van der Waals surface area contributed by atoms with E-state index in [-0.39, 0.29) is 6.03 Å². The lowest BCUT2D eigenvalue weighted by molar-refractivity contribution is 0.117. The number of hydrogen-bond donors (Lipinski definition) is 2. The van der Waals surface area contributed by atoms with Crippen LogP contribution in [0.4, 0.5) is 10.5 Å². The fourth-order valence-corrected chi connectivity index (χ4v) is 1.95. The van der Waals surface area contributed by atoms with Gasteiger partial charge < -0.3 is 20.1 Å². The Bertz CT molecular complexity index is 445. The molecule has 1 saturated carbocycles. The molecule has 7 nitrogen and oxygen atoms in total. The molecular formula is C13H22N4O3. The van der Waals surface area contributed by atoms with Gasteiger partial charge in [-0.2, -0.15) is 5.10 Å². The number of urea groups is 1. The third-order valence-electron chi connectivity index (χ3n) is 3.38. The Morgan fingerprint density at radius 2 is 2.45 bits per heavy atom. The lowest BCUT2D eigenvalue weighted by Crippen LogP contribution is -2.37. The number of amides is 2. The molecule has 1 atom stereocenters. The van der Waals surface area contributed by atoms with Crippen LogP contribution in [0.3, 0.4) is 0 Å². The minimum absolute atomic E-state index is 0.240. The second-order valence-electron chi connectivity index (χ2n) is 5.20. The molecule has 1 aliphatic carbocycles. The number of methoxy groups -OCH3 is 1. The summed E-state index contributed by atoms with van der Waals surface area (Å²) in [6, 6.07) is -0.240. The van der Waals surface area contributed by atoms with Crippen molar-refractivity contribution in [3.63, 3.8) is 0 Å². The maximum atomic E-state index is 12.0. The van der Waals surface area contributed by atoms with E-state index in [4.69, 9.17) is 4.74 Å². The smallest absolute Gasteiger partial charge is 0.321 e. The molecule has 1 aromatic heterocycles. The Hall–Kier alpha value is -1.60. The number of rotatable bonds is 7. The van der Waals surface area contributed by atoms with Gasteiger partial charge in [0.25, 0.3) is 0 Å². The van der Waals surface area contributed by atoms with Crippen LogP contribution in [0, 0.1) is 5.92 Å². The molecule has 0 spiro atoms. The standard InChI is InChI=1S/C13H22N4O3/c1-16(9-12(18)10-3-4-10)13(19)15-11-7-14-17(8-11)5-6-20-2/h7-8,10,12,18H,3-6,9H2,1-2H3,(H,15,19). The molecule has 7 heteroatoms. The normalized spacial score (nSPS) is 15.9. The summed E-state index contributed by atoms with van der Waals surface area (Å²) in [6.07, 6.45) is 5.04. The van der Waals surface area contributed by atoms with Crippen LogP contribution in [0.5, 0.6) is 0 Å². The molecule has 0 aromatic carbocycles. The highest BCUT2D eigenvalue weighted by Gasteiger charge is 2.31. The molecule has 0 radical (unpaired) electrons. The molecule has 20 heavy (non-hydrogen) atoms. The van der Waals surface area contributed by atoms with E-state index in [2.05, 4.69) is 10.4 Å². The van der Waals surface area contributed by atoms with Crippen LogP contribution in [-0.4, -0.2) is 59.2 Å². The summed E-state index contributed by atoms with van der Waals surface area (Å²) in [5.41, 5.74) is 0.638. The van der Waals surface area contributed by atoms with E-state index in [1.165, 1.54) is 4.90 Å². The van der Waals surface area contributed by atoms with Crippen molar-refractivity contribution in [3.8, 4) is 0 Å². The highest BCUT2D eigenvalue weighted by molar-refractivity contribution is 5.88. The van der Waals surface area contributed by atoms with Gasteiger partial charge in [0.1, 0.15) is 0 Å². The summed E-state index contributed by atoms with van der Waals surface area (Å²) in [6.45, 7) is 1.57. The number of nitrogens with one attached hydrogen (secondary N) is 1. The van der Waals surface area contributed by atoms with Crippen molar-refractivity contribution in [1.82, 2.24) is 14.7 Å². The summed E-state index contributed by atoms with van der Waals surface area (Å²) in [7, 11) is 3.31. The van der Waals surface area contributed by atoms with E-state index in [1.807, 2.05) is 0 Å². The van der Waals surface area contributed by atoms with Crippen molar-refractivity contribution < 1.29 is 14.6 Å². The number of carbonyl (C=O) groups is 1. The Labute approximate surface area is 118 Å². The summed E-state index contributed by atoms with van der Waals surface area (Å²) in [4.78, 5) is 13.5. The van der Waals surface area contributed by atoms with Crippen molar-refractivity contribution in [2.45, 2.75) is 25.5 Å². The minimum Gasteiger partial charge on any atom is -0.391 e. The van der Waals surface area contributed by atoms with E-state index >= 15 is 0 Å². The third kappa shape index (κ3) is 4.21. The predicted octanol–water partition coefficient (Wildman–Crippen LogP) is 0.764. The lowest BCUT2D eigenvalue weighted by atomic mass is 10.2. The van der Waals surface area contributed by atoms with Gasteiger partial charge in [0.2, 0.25) is 0 Å². The monoisotopic (exact) mass is 282 g/mol. The highest BCUT2D eigenvalue weighted by Crippen LogP contribution is 2.32. The SMILES string of the molecule is COCCn1cc(NC(=O)N(C)CC(O)C2CC2)cn1. The molecule has 1 heterocycles. The van der Waals surface area contributed by atoms with E-state index in [9.17, 15) is 9.90 Å². The second-order valence-corrected chi connectivity index (χ2v) is 5.20. The highest BCUT2D eigenvalue weighted by atomic mass is 16.5. The number of anilines is 1. The van der Waals surface area contributed by atoms with Gasteiger partial charge >= 0.3 is 6.03 Å². The zero-order valence-electron chi connectivity index (χ0n) is 12.0. The number of aromatic nitrogens is 2. The summed E-state index contributed by atoms with van der Waals surface area (Å²) < 4.78 is 6.67. The fraction of sp³-hybridized carbons (Fsp3) is 0.692. The molecule has 2 rings (SSSR count). The average molecular weight is 282 g/mol. The molecule has 2 amide bonds. The number of nitrogens with zero attached hydrogens (tertiary/aromatic N) is 3. The molecule has 2 N–H and O–H groups in total. The number of carbonyl (C=O) groups excluding carboxylic acids is 1. The van der Waals surface area contributed by atoms with Crippen LogP contribution in [-0.2, 0) is 11.3 Å². The van der Waals surface area contributed by atoms with Crippen molar-refractivity contribution >= 4 is 11.7 Å². The van der Waals surface area contributed by atoms with Crippen molar-refractivity contribution in [3.05, 3.63) is 12.4 Å². The maximum absolute atomic E-state index is 12.0. The Morgan fingerprint density at radius 3 is 3.10 bits per heavy atom. The molecule has 0 aliphatic heterocycles. The van der Waals surface area contributed by atoms with Gasteiger partial charge in [-0.3, -0.25) is 4.68 Å². The van der Waals surface area contributed by atoms with Gasteiger partial charge in [-0.15, -0.1) is 0 Å². The first-order chi connectivity index (χ1) is 9.60. The third-order valence-corrected chi connectivity index (χ3v) is 3.38. The van der Waals surface area contributed by atoms with Crippen LogP contribution in [0.15, 0.2) is 12.4 Å². The van der Waals surface area contributed by atoms with Crippen LogP contribution in [0.25, 0.3) is 0 Å².